The molecule has 65 heavy (non-hydrogen) atoms. The lowest BCUT2D eigenvalue weighted by molar-refractivity contribution is 1.01. The molecule has 0 saturated heterocycles. The number of anilines is 1. The average molecular weight is 853 g/mol. The van der Waals surface area contributed by atoms with E-state index in [0.717, 1.165) is 93.7 Å². The molecule has 0 saturated carbocycles. The molecule has 3 aromatic heterocycles. The highest BCUT2D eigenvalue weighted by atomic mass is 32.1. The molecule has 0 radical (unpaired) electrons. The summed E-state index contributed by atoms with van der Waals surface area (Å²) in [5, 5.41) is 9.31. The topological polar surface area (TPSA) is 73.7 Å². The van der Waals surface area contributed by atoms with Crippen LogP contribution < -0.4 is 11.1 Å². The number of hydrogen-bond acceptors (Lipinski definition) is 5. The van der Waals surface area contributed by atoms with Gasteiger partial charge in [0.1, 0.15) is 0 Å². The van der Waals surface area contributed by atoms with E-state index in [4.69, 9.17) is 28.3 Å². The van der Waals surface area contributed by atoms with E-state index >= 15 is 0 Å². The van der Waals surface area contributed by atoms with Crippen molar-refractivity contribution in [3.63, 3.8) is 0 Å². The second kappa shape index (κ2) is 15.8. The molecule has 0 aliphatic carbocycles. The Labute approximate surface area is 381 Å². The maximum Gasteiger partial charge on any atom is 0.235 e. The van der Waals surface area contributed by atoms with Gasteiger partial charge in [-0.1, -0.05) is 152 Å². The Morgan fingerprint density at radius 2 is 0.985 bits per heavy atom. The Bertz CT molecular complexity index is 3820. The number of para-hydroxylation sites is 4. The molecule has 3 N–H and O–H groups in total. The Balaban J connectivity index is 0.974. The summed E-state index contributed by atoms with van der Waals surface area (Å²) in [5.41, 5.74) is 21.9. The van der Waals surface area contributed by atoms with Gasteiger partial charge in [-0.2, -0.15) is 0 Å². The van der Waals surface area contributed by atoms with Crippen molar-refractivity contribution in [3.8, 4) is 34.0 Å². The molecule has 0 unspecified atom stereocenters. The van der Waals surface area contributed by atoms with Gasteiger partial charge in [0.2, 0.25) is 5.95 Å². The fourth-order valence-electron chi connectivity index (χ4n) is 9.34. The molecule has 0 aliphatic rings. The molecule has 6 nitrogen and oxygen atoms in total. The lowest BCUT2D eigenvalue weighted by atomic mass is 10.0. The zero-order chi connectivity index (χ0) is 43.4. The molecule has 0 bridgehead atoms. The standard InChI is InChI=1S/C58H40N6S/c59-55(41-29-32-53-47(35-41)44-23-12-15-27-51(44)64(53)58-61-48-25-13-10-24-45(48)56(62-58)37-16-4-1-5-17-37)57(38-18-6-2-7-19-38)60-49-36-40(30-33-54(49)65)39-28-31-52-46(34-39)43-22-11-14-26-50(43)63(52)42-20-8-3-9-21-42/h1-36,60,65H,59H2/b57-55-. The quantitative estimate of drug-likeness (QED) is 0.105. The van der Waals surface area contributed by atoms with Crippen LogP contribution in [-0.4, -0.2) is 19.1 Å². The Morgan fingerprint density at radius 1 is 0.431 bits per heavy atom. The van der Waals surface area contributed by atoms with Crippen molar-refractivity contribution in [3.05, 3.63) is 230 Å². The first-order valence-corrected chi connectivity index (χ1v) is 22.1. The molecular weight excluding hydrogens is 813 g/mol. The van der Waals surface area contributed by atoms with Gasteiger partial charge in [0.25, 0.3) is 0 Å². The molecule has 308 valence electrons. The second-order valence-electron chi connectivity index (χ2n) is 16.3. The largest absolute Gasteiger partial charge is 0.397 e. The Kier molecular flexibility index (Phi) is 9.28. The maximum atomic E-state index is 7.34. The number of nitrogens with one attached hydrogen (secondary N) is 1. The fourth-order valence-corrected chi connectivity index (χ4v) is 9.53. The van der Waals surface area contributed by atoms with E-state index in [1.54, 1.807) is 0 Å². The van der Waals surface area contributed by atoms with E-state index in [-0.39, 0.29) is 0 Å². The van der Waals surface area contributed by atoms with Crippen molar-refractivity contribution >= 4 is 84.2 Å². The predicted octanol–water partition coefficient (Wildman–Crippen LogP) is 14.3. The van der Waals surface area contributed by atoms with E-state index in [9.17, 15) is 0 Å². The van der Waals surface area contributed by atoms with Gasteiger partial charge in [-0.05, 0) is 77.9 Å². The number of nitrogens with zero attached hydrogens (tertiary/aromatic N) is 4. The molecule has 0 amide bonds. The minimum absolute atomic E-state index is 0.608. The second-order valence-corrected chi connectivity index (χ2v) is 16.8. The monoisotopic (exact) mass is 852 g/mol. The molecule has 0 spiro atoms. The van der Waals surface area contributed by atoms with Crippen molar-refractivity contribution in [2.24, 2.45) is 5.73 Å². The smallest absolute Gasteiger partial charge is 0.235 e. The molecule has 12 rings (SSSR count). The molecule has 0 aliphatic heterocycles. The van der Waals surface area contributed by atoms with Crippen LogP contribution in [0.3, 0.4) is 0 Å². The van der Waals surface area contributed by atoms with E-state index in [2.05, 4.69) is 184 Å². The van der Waals surface area contributed by atoms with Crippen LogP contribution in [0.25, 0.3) is 99.9 Å². The summed E-state index contributed by atoms with van der Waals surface area (Å²) in [6.45, 7) is 0. The summed E-state index contributed by atoms with van der Waals surface area (Å²) in [6, 6.07) is 75.9. The lowest BCUT2D eigenvalue weighted by Crippen LogP contribution is -2.09. The van der Waals surface area contributed by atoms with Gasteiger partial charge in [-0.3, -0.25) is 4.57 Å². The van der Waals surface area contributed by atoms with Crippen molar-refractivity contribution in [2.75, 3.05) is 5.32 Å². The highest BCUT2D eigenvalue weighted by molar-refractivity contribution is 7.80. The number of nitrogens with two attached hydrogens (primary N) is 1. The van der Waals surface area contributed by atoms with Gasteiger partial charge in [-0.25, -0.2) is 9.97 Å². The highest BCUT2D eigenvalue weighted by Gasteiger charge is 2.20. The number of hydrogen-bond donors (Lipinski definition) is 3. The summed E-state index contributed by atoms with van der Waals surface area (Å²) in [5.74, 6) is 0.610. The summed E-state index contributed by atoms with van der Waals surface area (Å²) < 4.78 is 4.51. The molecule has 12 aromatic rings. The van der Waals surface area contributed by atoms with Crippen LogP contribution >= 0.6 is 12.6 Å². The third kappa shape index (κ3) is 6.60. The van der Waals surface area contributed by atoms with Crippen molar-refractivity contribution in [2.45, 2.75) is 4.90 Å². The minimum Gasteiger partial charge on any atom is -0.397 e. The molecule has 0 atom stereocenters. The van der Waals surface area contributed by atoms with Crippen molar-refractivity contribution in [1.82, 2.24) is 19.1 Å². The lowest BCUT2D eigenvalue weighted by Gasteiger charge is -2.18. The summed E-state index contributed by atoms with van der Waals surface area (Å²) >= 11 is 4.99. The normalized spacial score (nSPS) is 12.1. The van der Waals surface area contributed by atoms with Gasteiger partial charge in [-0.15, -0.1) is 12.6 Å². The van der Waals surface area contributed by atoms with E-state index in [1.165, 1.54) is 16.3 Å². The number of aromatic nitrogens is 4. The maximum absolute atomic E-state index is 7.34. The first-order valence-electron chi connectivity index (χ1n) is 21.7. The van der Waals surface area contributed by atoms with Crippen LogP contribution in [0.1, 0.15) is 11.1 Å². The van der Waals surface area contributed by atoms with Crippen molar-refractivity contribution in [1.29, 1.82) is 0 Å². The minimum atomic E-state index is 0.608. The third-order valence-electron chi connectivity index (χ3n) is 12.4. The van der Waals surface area contributed by atoms with Crippen LogP contribution in [0.2, 0.25) is 0 Å². The van der Waals surface area contributed by atoms with Crippen LogP contribution in [0.15, 0.2) is 223 Å². The zero-order valence-electron chi connectivity index (χ0n) is 35.1. The van der Waals surface area contributed by atoms with Crippen LogP contribution in [0.4, 0.5) is 5.69 Å². The molecule has 7 heteroatoms. The van der Waals surface area contributed by atoms with Crippen LogP contribution in [0, 0.1) is 0 Å². The Hall–Kier alpha value is -8.39. The first-order chi connectivity index (χ1) is 32.1. The van der Waals surface area contributed by atoms with Gasteiger partial charge >= 0.3 is 0 Å². The first kappa shape index (κ1) is 38.3. The fraction of sp³-hybridized carbons (Fsp3) is 0. The summed E-state index contributed by atoms with van der Waals surface area (Å²) in [6.07, 6.45) is 0. The highest BCUT2D eigenvalue weighted by Crippen LogP contribution is 2.39. The molecule has 9 aromatic carbocycles. The predicted molar refractivity (Wildman–Crippen MR) is 274 cm³/mol. The van der Waals surface area contributed by atoms with Gasteiger partial charge in [0, 0.05) is 54.2 Å². The molecular formula is C58H40N6S. The Morgan fingerprint density at radius 3 is 1.74 bits per heavy atom. The number of rotatable bonds is 8. The van der Waals surface area contributed by atoms with Crippen molar-refractivity contribution < 1.29 is 0 Å². The van der Waals surface area contributed by atoms with Crippen LogP contribution in [-0.2, 0) is 0 Å². The van der Waals surface area contributed by atoms with E-state index in [0.29, 0.717) is 11.6 Å². The summed E-state index contributed by atoms with van der Waals surface area (Å²) in [7, 11) is 0. The van der Waals surface area contributed by atoms with Gasteiger partial charge in [0.05, 0.1) is 50.4 Å². The summed E-state index contributed by atoms with van der Waals surface area (Å²) in [4.78, 5) is 11.2. The number of thiol groups is 1. The van der Waals surface area contributed by atoms with Crippen LogP contribution in [0.5, 0.6) is 0 Å². The van der Waals surface area contributed by atoms with E-state index in [1.807, 2.05) is 48.5 Å². The number of fused-ring (bicyclic) bond motifs is 7. The SMILES string of the molecule is N/C(=C(\Nc1cc(-c2ccc3c(c2)c2ccccc2n3-c2ccccc2)ccc1S)c1ccccc1)c1ccc2c(c1)c1ccccc1n2-c1nc(-c2ccccc2)c2ccccc2n1. The van der Waals surface area contributed by atoms with Gasteiger partial charge in [0.15, 0.2) is 0 Å². The molecule has 3 heterocycles. The third-order valence-corrected chi connectivity index (χ3v) is 12.8. The van der Waals surface area contributed by atoms with E-state index < -0.39 is 0 Å². The van der Waals surface area contributed by atoms with Gasteiger partial charge < -0.3 is 15.6 Å². The molecule has 0 fully saturated rings. The number of benzene rings is 9. The zero-order valence-corrected chi connectivity index (χ0v) is 36.0. The average Bonchev–Trinajstić information content (AvgIpc) is 3.88.